The van der Waals surface area contributed by atoms with Gasteiger partial charge in [0.15, 0.2) is 5.13 Å². The zero-order valence-electron chi connectivity index (χ0n) is 17.9. The average Bonchev–Trinajstić information content (AvgIpc) is 3.12. The van der Waals surface area contributed by atoms with Crippen molar-refractivity contribution in [3.63, 3.8) is 0 Å². The lowest BCUT2D eigenvalue weighted by Crippen LogP contribution is -2.41. The molecule has 1 aromatic rings. The summed E-state index contributed by atoms with van der Waals surface area (Å²) >= 11 is 1.43. The van der Waals surface area contributed by atoms with Gasteiger partial charge in [-0.3, -0.25) is 14.4 Å². The Hall–Kier alpha value is -1.96. The Balaban J connectivity index is 1.68. The number of amides is 3. The fourth-order valence-corrected chi connectivity index (χ4v) is 4.31. The monoisotopic (exact) mass is 422 g/mol. The number of aryl methyl sites for hydroxylation is 1. The number of piperidine rings is 1. The number of hydrogen-bond acceptors (Lipinski definition) is 5. The molecule has 0 bridgehead atoms. The van der Waals surface area contributed by atoms with Crippen LogP contribution in [0.15, 0.2) is 5.38 Å². The molecule has 1 aliphatic rings. The molecule has 0 aromatic carbocycles. The number of nitrogens with zero attached hydrogens (tertiary/aromatic N) is 3. The summed E-state index contributed by atoms with van der Waals surface area (Å²) in [6.45, 7) is 8.81. The topological polar surface area (TPSA) is 82.6 Å². The lowest BCUT2D eigenvalue weighted by Gasteiger charge is -2.31. The van der Waals surface area contributed by atoms with Gasteiger partial charge in [0.1, 0.15) is 0 Å². The highest BCUT2D eigenvalue weighted by Gasteiger charge is 2.27. The highest BCUT2D eigenvalue weighted by molar-refractivity contribution is 7.13. The summed E-state index contributed by atoms with van der Waals surface area (Å²) in [6, 6.07) is 0. The van der Waals surface area contributed by atoms with E-state index in [1.807, 2.05) is 22.1 Å². The molecule has 1 N–H and O–H groups in total. The van der Waals surface area contributed by atoms with Gasteiger partial charge in [0.25, 0.3) is 0 Å². The maximum absolute atomic E-state index is 12.5. The first-order valence-corrected chi connectivity index (χ1v) is 11.6. The van der Waals surface area contributed by atoms with E-state index in [1.165, 1.54) is 11.3 Å². The third-order valence-electron chi connectivity index (χ3n) is 5.19. The summed E-state index contributed by atoms with van der Waals surface area (Å²) in [7, 11) is 0. The lowest BCUT2D eigenvalue weighted by atomic mass is 9.95. The molecule has 1 aliphatic heterocycles. The normalized spacial score (nSPS) is 14.7. The number of thiazole rings is 1. The molecule has 2 rings (SSSR count). The van der Waals surface area contributed by atoms with Crippen LogP contribution in [0.2, 0.25) is 0 Å². The average molecular weight is 423 g/mol. The molecule has 1 saturated heterocycles. The molecule has 29 heavy (non-hydrogen) atoms. The van der Waals surface area contributed by atoms with Gasteiger partial charge in [0.05, 0.1) is 5.69 Å². The van der Waals surface area contributed by atoms with Crippen LogP contribution in [0, 0.1) is 12.8 Å². The molecule has 1 aromatic heterocycles. The minimum atomic E-state index is -0.0820. The molecular formula is C21H34N4O3S. The van der Waals surface area contributed by atoms with E-state index < -0.39 is 0 Å². The van der Waals surface area contributed by atoms with E-state index in [2.05, 4.69) is 24.1 Å². The van der Waals surface area contributed by atoms with Crippen molar-refractivity contribution in [2.45, 2.75) is 65.7 Å². The highest BCUT2D eigenvalue weighted by atomic mass is 32.1. The van der Waals surface area contributed by atoms with Gasteiger partial charge < -0.3 is 15.1 Å². The Morgan fingerprint density at radius 3 is 2.38 bits per heavy atom. The minimum Gasteiger partial charge on any atom is -0.343 e. The van der Waals surface area contributed by atoms with Crippen molar-refractivity contribution in [3.05, 3.63) is 11.1 Å². The third-order valence-corrected chi connectivity index (χ3v) is 6.06. The predicted octanol–water partition coefficient (Wildman–Crippen LogP) is 3.45. The Labute approximate surface area is 177 Å². The van der Waals surface area contributed by atoms with E-state index in [1.54, 1.807) is 0 Å². The summed E-state index contributed by atoms with van der Waals surface area (Å²) < 4.78 is 0. The van der Waals surface area contributed by atoms with Gasteiger partial charge in [-0.15, -0.1) is 11.3 Å². The second-order valence-electron chi connectivity index (χ2n) is 7.67. The van der Waals surface area contributed by atoms with Crippen molar-refractivity contribution in [3.8, 4) is 0 Å². The number of aromatic nitrogens is 1. The summed E-state index contributed by atoms with van der Waals surface area (Å²) in [5.74, 6) is 0.143. The molecular weight excluding hydrogens is 388 g/mol. The van der Waals surface area contributed by atoms with Gasteiger partial charge in [-0.1, -0.05) is 13.8 Å². The summed E-state index contributed by atoms with van der Waals surface area (Å²) in [6.07, 6.45) is 4.66. The van der Waals surface area contributed by atoms with Crippen LogP contribution in [-0.4, -0.2) is 58.7 Å². The van der Waals surface area contributed by atoms with Gasteiger partial charge in [-0.25, -0.2) is 4.98 Å². The Morgan fingerprint density at radius 2 is 1.83 bits per heavy atom. The first kappa shape index (κ1) is 23.3. The summed E-state index contributed by atoms with van der Waals surface area (Å²) in [4.78, 5) is 45.1. The van der Waals surface area contributed by atoms with Crippen LogP contribution in [-0.2, 0) is 14.4 Å². The van der Waals surface area contributed by atoms with Gasteiger partial charge in [0.2, 0.25) is 17.7 Å². The van der Waals surface area contributed by atoms with Crippen molar-refractivity contribution in [1.82, 2.24) is 14.8 Å². The molecule has 162 valence electrons. The fourth-order valence-electron chi connectivity index (χ4n) is 3.62. The van der Waals surface area contributed by atoms with Crippen LogP contribution in [0.1, 0.15) is 64.5 Å². The van der Waals surface area contributed by atoms with E-state index in [9.17, 15) is 14.4 Å². The van der Waals surface area contributed by atoms with Crippen molar-refractivity contribution >= 4 is 34.2 Å². The van der Waals surface area contributed by atoms with Crippen LogP contribution in [0.3, 0.4) is 0 Å². The second kappa shape index (κ2) is 11.9. The number of anilines is 1. The maximum Gasteiger partial charge on any atom is 0.229 e. The molecule has 1 fully saturated rings. The molecule has 0 saturated carbocycles. The Morgan fingerprint density at radius 1 is 1.17 bits per heavy atom. The molecule has 3 amide bonds. The van der Waals surface area contributed by atoms with Crippen molar-refractivity contribution in [2.75, 3.05) is 31.5 Å². The number of likely N-dealkylation sites (tertiary alicyclic amines) is 1. The fraction of sp³-hybridized carbons (Fsp3) is 0.714. The number of hydrogen-bond donors (Lipinski definition) is 1. The number of rotatable bonds is 10. The molecule has 0 spiro atoms. The lowest BCUT2D eigenvalue weighted by molar-refractivity contribution is -0.135. The Bertz CT molecular complexity index is 677. The van der Waals surface area contributed by atoms with Crippen LogP contribution < -0.4 is 5.32 Å². The zero-order chi connectivity index (χ0) is 21.2. The molecule has 2 heterocycles. The van der Waals surface area contributed by atoms with E-state index >= 15 is 0 Å². The largest absolute Gasteiger partial charge is 0.343 e. The third kappa shape index (κ3) is 7.42. The SMILES string of the molecule is CCCN(CCC)C(=O)CCCC(=O)N1CCC(C(=O)Nc2nc(C)cs2)CC1. The van der Waals surface area contributed by atoms with Gasteiger partial charge >= 0.3 is 0 Å². The van der Waals surface area contributed by atoms with E-state index in [0.29, 0.717) is 50.3 Å². The van der Waals surface area contributed by atoms with Crippen LogP contribution >= 0.6 is 11.3 Å². The standard InChI is InChI=1S/C21H34N4O3S/c1-4-11-24(12-5-2)18(26)7-6-8-19(27)25-13-9-17(10-14-25)20(28)23-21-22-16(3)15-29-21/h15,17H,4-14H2,1-3H3,(H,22,23,28). The van der Waals surface area contributed by atoms with Crippen LogP contribution in [0.5, 0.6) is 0 Å². The molecule has 7 nitrogen and oxygen atoms in total. The number of carbonyl (C=O) groups is 3. The van der Waals surface area contributed by atoms with E-state index in [4.69, 9.17) is 0 Å². The highest BCUT2D eigenvalue weighted by Crippen LogP contribution is 2.22. The number of nitrogens with one attached hydrogen (secondary N) is 1. The quantitative estimate of drug-likeness (QED) is 0.626. The second-order valence-corrected chi connectivity index (χ2v) is 8.53. The Kier molecular flexibility index (Phi) is 9.57. The maximum atomic E-state index is 12.5. The number of carbonyl (C=O) groups excluding carboxylic acids is 3. The molecule has 0 radical (unpaired) electrons. The molecule has 0 aliphatic carbocycles. The first-order chi connectivity index (χ1) is 13.9. The van der Waals surface area contributed by atoms with Crippen LogP contribution in [0.4, 0.5) is 5.13 Å². The van der Waals surface area contributed by atoms with Crippen LogP contribution in [0.25, 0.3) is 0 Å². The van der Waals surface area contributed by atoms with Gasteiger partial charge in [0, 0.05) is 50.3 Å². The van der Waals surface area contributed by atoms with Gasteiger partial charge in [-0.05, 0) is 39.0 Å². The zero-order valence-corrected chi connectivity index (χ0v) is 18.7. The van der Waals surface area contributed by atoms with Crippen molar-refractivity contribution in [2.24, 2.45) is 5.92 Å². The molecule has 0 atom stereocenters. The van der Waals surface area contributed by atoms with Crippen molar-refractivity contribution in [1.29, 1.82) is 0 Å². The predicted molar refractivity (Wildman–Crippen MR) is 116 cm³/mol. The first-order valence-electron chi connectivity index (χ1n) is 10.7. The smallest absolute Gasteiger partial charge is 0.229 e. The summed E-state index contributed by atoms with van der Waals surface area (Å²) in [5, 5.41) is 5.42. The van der Waals surface area contributed by atoms with Crippen molar-refractivity contribution < 1.29 is 14.4 Å². The van der Waals surface area contributed by atoms with Gasteiger partial charge in [-0.2, -0.15) is 0 Å². The van der Waals surface area contributed by atoms with E-state index in [-0.39, 0.29) is 23.6 Å². The van der Waals surface area contributed by atoms with E-state index in [0.717, 1.165) is 31.6 Å². The minimum absolute atomic E-state index is 0.0102. The summed E-state index contributed by atoms with van der Waals surface area (Å²) in [5.41, 5.74) is 0.900. The molecule has 8 heteroatoms. The molecule has 0 unspecified atom stereocenters.